The van der Waals surface area contributed by atoms with Gasteiger partial charge in [0, 0.05) is 25.2 Å². The molecule has 0 spiro atoms. The molecule has 2 aromatic heterocycles. The molecular formula is C18H22N2O4. The average molecular weight is 330 g/mol. The van der Waals surface area contributed by atoms with Gasteiger partial charge in [0.05, 0.1) is 0 Å². The highest BCUT2D eigenvalue weighted by molar-refractivity contribution is 5.93. The lowest BCUT2D eigenvalue weighted by atomic mass is 10.1. The highest BCUT2D eigenvalue weighted by atomic mass is 16.4. The summed E-state index contributed by atoms with van der Waals surface area (Å²) in [5.41, 5.74) is 0. The van der Waals surface area contributed by atoms with Crippen molar-refractivity contribution in [2.24, 2.45) is 0 Å². The van der Waals surface area contributed by atoms with E-state index >= 15 is 0 Å². The minimum atomic E-state index is -0.136. The zero-order chi connectivity index (χ0) is 17.4. The van der Waals surface area contributed by atoms with Crippen molar-refractivity contribution in [3.05, 3.63) is 47.3 Å². The Kier molecular flexibility index (Phi) is 4.22. The summed E-state index contributed by atoms with van der Waals surface area (Å²) in [6.07, 6.45) is 0. The smallest absolute Gasteiger partial charge is 0.289 e. The summed E-state index contributed by atoms with van der Waals surface area (Å²) in [6, 6.07) is 6.75. The van der Waals surface area contributed by atoms with Crippen LogP contribution in [0.4, 0.5) is 0 Å². The van der Waals surface area contributed by atoms with E-state index in [2.05, 4.69) is 0 Å². The Morgan fingerprint density at radius 3 is 1.50 bits per heavy atom. The van der Waals surface area contributed by atoms with Gasteiger partial charge in [0.2, 0.25) is 0 Å². The standard InChI is InChI=1S/C18H22N2O4/c1-11-9-20(18(22)16-8-6-14(4)24-16)12(2)10-19(11)17(21)15-7-5-13(3)23-15/h5-8,11-12H,9-10H2,1-4H3/t11-,12+. The van der Waals surface area contributed by atoms with Crippen molar-refractivity contribution >= 4 is 11.8 Å². The number of hydrogen-bond acceptors (Lipinski definition) is 4. The van der Waals surface area contributed by atoms with Crippen LogP contribution in [0.25, 0.3) is 0 Å². The molecule has 0 bridgehead atoms. The normalized spacial score (nSPS) is 21.2. The number of carbonyl (C=O) groups is 2. The number of rotatable bonds is 2. The van der Waals surface area contributed by atoms with Gasteiger partial charge in [-0.2, -0.15) is 0 Å². The van der Waals surface area contributed by atoms with E-state index in [0.29, 0.717) is 36.1 Å². The first kappa shape index (κ1) is 16.4. The number of carbonyl (C=O) groups excluding carboxylic acids is 2. The Bertz CT molecular complexity index is 696. The van der Waals surface area contributed by atoms with Gasteiger partial charge in [-0.05, 0) is 52.0 Å². The third-order valence-electron chi connectivity index (χ3n) is 4.41. The van der Waals surface area contributed by atoms with Crippen molar-refractivity contribution in [3.8, 4) is 0 Å². The molecule has 0 aromatic carbocycles. The Hall–Kier alpha value is -2.50. The van der Waals surface area contributed by atoms with Crippen LogP contribution in [0.1, 0.15) is 46.5 Å². The molecule has 3 rings (SSSR count). The summed E-state index contributed by atoms with van der Waals surface area (Å²) in [5.74, 6) is 1.83. The molecule has 1 fully saturated rings. The maximum Gasteiger partial charge on any atom is 0.289 e. The van der Waals surface area contributed by atoms with Crippen LogP contribution >= 0.6 is 0 Å². The molecule has 3 heterocycles. The van der Waals surface area contributed by atoms with E-state index < -0.39 is 0 Å². The maximum absolute atomic E-state index is 12.6. The van der Waals surface area contributed by atoms with Crippen molar-refractivity contribution in [3.63, 3.8) is 0 Å². The Morgan fingerprint density at radius 2 is 1.21 bits per heavy atom. The Labute approximate surface area is 141 Å². The highest BCUT2D eigenvalue weighted by Gasteiger charge is 2.36. The van der Waals surface area contributed by atoms with Crippen LogP contribution in [0.3, 0.4) is 0 Å². The lowest BCUT2D eigenvalue weighted by Crippen LogP contribution is -2.59. The number of nitrogens with zero attached hydrogens (tertiary/aromatic N) is 2. The molecule has 2 atom stereocenters. The molecule has 2 aromatic rings. The van der Waals surface area contributed by atoms with Crippen molar-refractivity contribution < 1.29 is 18.4 Å². The summed E-state index contributed by atoms with van der Waals surface area (Å²) >= 11 is 0. The molecule has 0 N–H and O–H groups in total. The van der Waals surface area contributed by atoms with Crippen LogP contribution < -0.4 is 0 Å². The van der Waals surface area contributed by atoms with Crippen LogP contribution in [0.15, 0.2) is 33.1 Å². The first-order valence-corrected chi connectivity index (χ1v) is 8.11. The fourth-order valence-corrected chi connectivity index (χ4v) is 3.07. The van der Waals surface area contributed by atoms with Crippen LogP contribution in [-0.4, -0.2) is 46.8 Å². The van der Waals surface area contributed by atoms with E-state index in [4.69, 9.17) is 8.83 Å². The van der Waals surface area contributed by atoms with Gasteiger partial charge in [0.15, 0.2) is 11.5 Å². The molecule has 128 valence electrons. The highest BCUT2D eigenvalue weighted by Crippen LogP contribution is 2.21. The zero-order valence-electron chi connectivity index (χ0n) is 14.4. The number of hydrogen-bond donors (Lipinski definition) is 0. The molecule has 0 radical (unpaired) electrons. The number of piperazine rings is 1. The minimum Gasteiger partial charge on any atom is -0.456 e. The first-order chi connectivity index (χ1) is 11.4. The zero-order valence-corrected chi connectivity index (χ0v) is 14.4. The molecule has 0 aliphatic carbocycles. The Balaban J connectivity index is 1.74. The van der Waals surface area contributed by atoms with Gasteiger partial charge in [-0.1, -0.05) is 0 Å². The predicted molar refractivity (Wildman–Crippen MR) is 87.9 cm³/mol. The van der Waals surface area contributed by atoms with Crippen LogP contribution in [0, 0.1) is 13.8 Å². The third-order valence-corrected chi connectivity index (χ3v) is 4.41. The van der Waals surface area contributed by atoms with E-state index in [-0.39, 0.29) is 23.9 Å². The van der Waals surface area contributed by atoms with E-state index in [1.165, 1.54) is 0 Å². The molecule has 1 aliphatic heterocycles. The van der Waals surface area contributed by atoms with Gasteiger partial charge >= 0.3 is 0 Å². The van der Waals surface area contributed by atoms with Gasteiger partial charge in [-0.15, -0.1) is 0 Å². The van der Waals surface area contributed by atoms with E-state index in [1.54, 1.807) is 34.1 Å². The van der Waals surface area contributed by atoms with Gasteiger partial charge < -0.3 is 18.6 Å². The summed E-state index contributed by atoms with van der Waals surface area (Å²) < 4.78 is 10.9. The predicted octanol–water partition coefficient (Wildman–Crippen LogP) is 2.86. The molecule has 24 heavy (non-hydrogen) atoms. The minimum absolute atomic E-state index is 0.0980. The average Bonchev–Trinajstić information content (AvgIpc) is 3.16. The molecule has 1 aliphatic rings. The lowest BCUT2D eigenvalue weighted by Gasteiger charge is -2.43. The summed E-state index contributed by atoms with van der Waals surface area (Å²) in [4.78, 5) is 28.8. The second-order valence-corrected chi connectivity index (χ2v) is 6.43. The van der Waals surface area contributed by atoms with Crippen LogP contribution in [-0.2, 0) is 0 Å². The van der Waals surface area contributed by atoms with Gasteiger partial charge in [0.25, 0.3) is 11.8 Å². The number of aryl methyl sites for hydroxylation is 2. The SMILES string of the molecule is Cc1ccc(C(=O)N2C[C@H](C)N(C(=O)c3ccc(C)o3)C[C@H]2C)o1. The van der Waals surface area contributed by atoms with Crippen LogP contribution in [0.5, 0.6) is 0 Å². The van der Waals surface area contributed by atoms with Crippen LogP contribution in [0.2, 0.25) is 0 Å². The lowest BCUT2D eigenvalue weighted by molar-refractivity contribution is 0.0237. The second kappa shape index (κ2) is 6.19. The monoisotopic (exact) mass is 330 g/mol. The first-order valence-electron chi connectivity index (χ1n) is 8.11. The third kappa shape index (κ3) is 2.96. The van der Waals surface area contributed by atoms with E-state index in [0.717, 1.165) is 0 Å². The second-order valence-electron chi connectivity index (χ2n) is 6.43. The van der Waals surface area contributed by atoms with Crippen molar-refractivity contribution in [1.29, 1.82) is 0 Å². The topological polar surface area (TPSA) is 66.9 Å². The summed E-state index contributed by atoms with van der Waals surface area (Å²) in [7, 11) is 0. The molecular weight excluding hydrogens is 308 g/mol. The van der Waals surface area contributed by atoms with Crippen molar-refractivity contribution in [2.45, 2.75) is 39.8 Å². The molecule has 0 saturated carbocycles. The molecule has 1 saturated heterocycles. The number of furan rings is 2. The number of amides is 2. The largest absolute Gasteiger partial charge is 0.456 e. The van der Waals surface area contributed by atoms with E-state index in [9.17, 15) is 9.59 Å². The summed E-state index contributed by atoms with van der Waals surface area (Å²) in [6.45, 7) is 8.42. The van der Waals surface area contributed by atoms with Crippen molar-refractivity contribution in [2.75, 3.05) is 13.1 Å². The van der Waals surface area contributed by atoms with Gasteiger partial charge in [0.1, 0.15) is 11.5 Å². The molecule has 0 unspecified atom stereocenters. The molecule has 6 nitrogen and oxygen atoms in total. The maximum atomic E-state index is 12.6. The Morgan fingerprint density at radius 1 is 0.833 bits per heavy atom. The quantitative estimate of drug-likeness (QED) is 0.849. The van der Waals surface area contributed by atoms with Gasteiger partial charge in [-0.3, -0.25) is 9.59 Å². The summed E-state index contributed by atoms with van der Waals surface area (Å²) in [5, 5.41) is 0. The van der Waals surface area contributed by atoms with Gasteiger partial charge in [-0.25, -0.2) is 0 Å². The molecule has 2 amide bonds. The fraction of sp³-hybridized carbons (Fsp3) is 0.444. The molecule has 6 heteroatoms. The van der Waals surface area contributed by atoms with Crippen molar-refractivity contribution in [1.82, 2.24) is 9.80 Å². The fourth-order valence-electron chi connectivity index (χ4n) is 3.07. The van der Waals surface area contributed by atoms with E-state index in [1.807, 2.05) is 27.7 Å².